The smallest absolute Gasteiger partial charge is 0.264 e. The van der Waals surface area contributed by atoms with Gasteiger partial charge in [0.15, 0.2) is 5.65 Å². The summed E-state index contributed by atoms with van der Waals surface area (Å²) < 4.78 is 3.06. The molecule has 4 rings (SSSR count). The maximum absolute atomic E-state index is 12.4. The van der Waals surface area contributed by atoms with Crippen molar-refractivity contribution in [1.82, 2.24) is 29.5 Å². The van der Waals surface area contributed by atoms with Crippen LogP contribution in [0.4, 0.5) is 0 Å². The SMILES string of the molecule is Cn1ncc2c(=O)n(CCC(=O)NC3CCN(C4CC4)CC3)cnc21. The highest BCUT2D eigenvalue weighted by atomic mass is 16.2. The van der Waals surface area contributed by atoms with Crippen LogP contribution >= 0.6 is 0 Å². The lowest BCUT2D eigenvalue weighted by Gasteiger charge is -2.32. The van der Waals surface area contributed by atoms with Crippen LogP contribution in [-0.2, 0) is 18.4 Å². The van der Waals surface area contributed by atoms with Crippen molar-refractivity contribution < 1.29 is 4.79 Å². The quantitative estimate of drug-likeness (QED) is 0.841. The van der Waals surface area contributed by atoms with Gasteiger partial charge in [0.25, 0.3) is 5.56 Å². The first-order valence-electron chi connectivity index (χ1n) is 9.02. The van der Waals surface area contributed by atoms with E-state index in [9.17, 15) is 9.59 Å². The molecule has 0 atom stereocenters. The van der Waals surface area contributed by atoms with Gasteiger partial charge in [-0.25, -0.2) is 4.98 Å². The van der Waals surface area contributed by atoms with Crippen molar-refractivity contribution in [3.63, 3.8) is 0 Å². The molecular formula is C17H24N6O2. The summed E-state index contributed by atoms with van der Waals surface area (Å²) in [5, 5.41) is 7.65. The molecule has 2 aliphatic rings. The number of carbonyl (C=O) groups is 1. The number of fused-ring (bicyclic) bond motifs is 1. The fourth-order valence-electron chi connectivity index (χ4n) is 3.60. The lowest BCUT2D eigenvalue weighted by molar-refractivity contribution is -0.122. The van der Waals surface area contributed by atoms with Crippen LogP contribution < -0.4 is 10.9 Å². The zero-order valence-corrected chi connectivity index (χ0v) is 14.5. The Morgan fingerprint density at radius 3 is 2.76 bits per heavy atom. The monoisotopic (exact) mass is 344 g/mol. The number of rotatable bonds is 5. The highest BCUT2D eigenvalue weighted by Crippen LogP contribution is 2.29. The molecule has 8 heteroatoms. The molecule has 2 aromatic rings. The van der Waals surface area contributed by atoms with E-state index in [1.807, 2.05) is 0 Å². The van der Waals surface area contributed by atoms with Crippen molar-refractivity contribution >= 4 is 16.9 Å². The minimum Gasteiger partial charge on any atom is -0.353 e. The number of carbonyl (C=O) groups excluding carboxylic acids is 1. The number of hydrogen-bond acceptors (Lipinski definition) is 5. The molecule has 3 heterocycles. The predicted molar refractivity (Wildman–Crippen MR) is 93.1 cm³/mol. The van der Waals surface area contributed by atoms with Crippen LogP contribution in [0.25, 0.3) is 11.0 Å². The van der Waals surface area contributed by atoms with Crippen LogP contribution in [-0.4, -0.2) is 55.3 Å². The molecule has 1 aliphatic carbocycles. The molecule has 0 unspecified atom stereocenters. The fraction of sp³-hybridized carbons (Fsp3) is 0.647. The summed E-state index contributed by atoms with van der Waals surface area (Å²) in [4.78, 5) is 31.4. The molecule has 8 nitrogen and oxygen atoms in total. The Morgan fingerprint density at radius 1 is 1.28 bits per heavy atom. The first kappa shape index (κ1) is 16.3. The van der Waals surface area contributed by atoms with Gasteiger partial charge in [-0.1, -0.05) is 0 Å². The number of hydrogen-bond donors (Lipinski definition) is 1. The van der Waals surface area contributed by atoms with Crippen molar-refractivity contribution in [2.75, 3.05) is 13.1 Å². The van der Waals surface area contributed by atoms with Crippen LogP contribution in [0.5, 0.6) is 0 Å². The molecule has 1 amide bonds. The van der Waals surface area contributed by atoms with Crippen molar-refractivity contribution in [2.24, 2.45) is 7.05 Å². The van der Waals surface area contributed by atoms with Crippen molar-refractivity contribution in [2.45, 2.75) is 50.7 Å². The number of aromatic nitrogens is 4. The Balaban J connectivity index is 1.30. The number of likely N-dealkylation sites (tertiary alicyclic amines) is 1. The van der Waals surface area contributed by atoms with E-state index < -0.39 is 0 Å². The second-order valence-electron chi connectivity index (χ2n) is 7.11. The fourth-order valence-corrected chi connectivity index (χ4v) is 3.60. The van der Waals surface area contributed by atoms with Gasteiger partial charge in [-0.2, -0.15) is 5.10 Å². The van der Waals surface area contributed by atoms with E-state index >= 15 is 0 Å². The molecule has 0 bridgehead atoms. The van der Waals surface area contributed by atoms with E-state index in [1.54, 1.807) is 11.7 Å². The van der Waals surface area contributed by atoms with Gasteiger partial charge in [0.05, 0.1) is 12.5 Å². The van der Waals surface area contributed by atoms with E-state index in [0.29, 0.717) is 17.6 Å². The summed E-state index contributed by atoms with van der Waals surface area (Å²) in [5.41, 5.74) is 0.414. The second-order valence-corrected chi connectivity index (χ2v) is 7.11. The minimum absolute atomic E-state index is 0.00283. The number of nitrogens with zero attached hydrogens (tertiary/aromatic N) is 5. The third-order valence-corrected chi connectivity index (χ3v) is 5.26. The van der Waals surface area contributed by atoms with Crippen molar-refractivity contribution in [1.29, 1.82) is 0 Å². The maximum Gasteiger partial charge on any atom is 0.264 e. The van der Waals surface area contributed by atoms with Gasteiger partial charge in [-0.3, -0.25) is 18.8 Å². The predicted octanol–water partition coefficient (Wildman–Crippen LogP) is 0.263. The molecule has 2 fully saturated rings. The first-order chi connectivity index (χ1) is 12.1. The zero-order chi connectivity index (χ0) is 17.4. The summed E-state index contributed by atoms with van der Waals surface area (Å²) in [6.45, 7) is 2.50. The molecule has 0 aromatic carbocycles. The van der Waals surface area contributed by atoms with Crippen LogP contribution in [0.15, 0.2) is 17.3 Å². The van der Waals surface area contributed by atoms with Crippen LogP contribution in [0, 0.1) is 0 Å². The normalized spacial score (nSPS) is 19.4. The van der Waals surface area contributed by atoms with Crippen LogP contribution in [0.1, 0.15) is 32.1 Å². The Bertz CT molecular complexity index is 829. The van der Waals surface area contributed by atoms with Gasteiger partial charge in [0, 0.05) is 45.2 Å². The van der Waals surface area contributed by atoms with Gasteiger partial charge in [-0.15, -0.1) is 0 Å². The third-order valence-electron chi connectivity index (χ3n) is 5.26. The number of nitrogens with one attached hydrogen (secondary N) is 1. The molecule has 0 spiro atoms. The number of piperidine rings is 1. The van der Waals surface area contributed by atoms with E-state index in [4.69, 9.17) is 0 Å². The van der Waals surface area contributed by atoms with Crippen LogP contribution in [0.3, 0.4) is 0 Å². The molecule has 1 aliphatic heterocycles. The molecule has 2 aromatic heterocycles. The summed E-state index contributed by atoms with van der Waals surface area (Å²) in [6, 6.07) is 1.07. The average molecular weight is 344 g/mol. The zero-order valence-electron chi connectivity index (χ0n) is 14.5. The van der Waals surface area contributed by atoms with Crippen molar-refractivity contribution in [3.8, 4) is 0 Å². The topological polar surface area (TPSA) is 85.0 Å². The van der Waals surface area contributed by atoms with Gasteiger partial charge in [0.2, 0.25) is 5.91 Å². The lowest BCUT2D eigenvalue weighted by atomic mass is 10.0. The molecule has 1 saturated carbocycles. The third kappa shape index (κ3) is 3.44. The molecule has 0 radical (unpaired) electrons. The Hall–Kier alpha value is -2.22. The minimum atomic E-state index is -0.149. The van der Waals surface area contributed by atoms with E-state index in [1.165, 1.54) is 29.9 Å². The highest BCUT2D eigenvalue weighted by molar-refractivity contribution is 5.76. The molecule has 25 heavy (non-hydrogen) atoms. The van der Waals surface area contributed by atoms with Gasteiger partial charge >= 0.3 is 0 Å². The largest absolute Gasteiger partial charge is 0.353 e. The summed E-state index contributed by atoms with van der Waals surface area (Å²) in [6.07, 6.45) is 8.01. The standard InChI is InChI=1S/C17H24N6O2/c1-21-16-14(10-19-21)17(25)23(11-18-16)9-6-15(24)20-12-4-7-22(8-5-12)13-2-3-13/h10-13H,2-9H2,1H3,(H,20,24). The Morgan fingerprint density at radius 2 is 2.04 bits per heavy atom. The summed E-state index contributed by atoms with van der Waals surface area (Å²) >= 11 is 0. The summed E-state index contributed by atoms with van der Waals surface area (Å²) in [7, 11) is 1.75. The number of aryl methyl sites for hydroxylation is 2. The van der Waals surface area contributed by atoms with Gasteiger partial charge in [0.1, 0.15) is 5.39 Å². The Labute approximate surface area is 145 Å². The first-order valence-corrected chi connectivity index (χ1v) is 9.02. The van der Waals surface area contributed by atoms with Crippen LogP contribution in [0.2, 0.25) is 0 Å². The number of amides is 1. The highest BCUT2D eigenvalue weighted by Gasteiger charge is 2.32. The molecule has 134 valence electrons. The Kier molecular flexibility index (Phi) is 4.29. The average Bonchev–Trinajstić information content (AvgIpc) is 3.39. The second kappa shape index (κ2) is 6.59. The van der Waals surface area contributed by atoms with E-state index in [0.717, 1.165) is 32.0 Å². The maximum atomic E-state index is 12.4. The summed E-state index contributed by atoms with van der Waals surface area (Å²) in [5.74, 6) is 0.00283. The molecule has 1 saturated heterocycles. The molecule has 1 N–H and O–H groups in total. The lowest BCUT2D eigenvalue weighted by Crippen LogP contribution is -2.45. The van der Waals surface area contributed by atoms with E-state index in [2.05, 4.69) is 20.3 Å². The van der Waals surface area contributed by atoms with Gasteiger partial charge < -0.3 is 10.2 Å². The molecular weight excluding hydrogens is 320 g/mol. The van der Waals surface area contributed by atoms with E-state index in [-0.39, 0.29) is 23.9 Å². The van der Waals surface area contributed by atoms with Crippen molar-refractivity contribution in [3.05, 3.63) is 22.9 Å². The van der Waals surface area contributed by atoms with Gasteiger partial charge in [-0.05, 0) is 25.7 Å².